The van der Waals surface area contributed by atoms with Gasteiger partial charge in [-0.1, -0.05) is 35.3 Å². The van der Waals surface area contributed by atoms with E-state index >= 15 is 0 Å². The summed E-state index contributed by atoms with van der Waals surface area (Å²) < 4.78 is 11.0. The quantitative estimate of drug-likeness (QED) is 0.547. The minimum atomic E-state index is -1.05. The molecular weight excluding hydrogens is 405 g/mol. The number of rotatable bonds is 6. The van der Waals surface area contributed by atoms with Gasteiger partial charge in [0.25, 0.3) is 5.91 Å². The van der Waals surface area contributed by atoms with E-state index in [0.717, 1.165) is 5.56 Å². The van der Waals surface area contributed by atoms with Crippen molar-refractivity contribution >= 4 is 41.2 Å². The molecule has 2 aromatic rings. The van der Waals surface area contributed by atoms with Crippen LogP contribution in [0.2, 0.25) is 10.0 Å². The molecule has 144 valence electrons. The summed E-state index contributed by atoms with van der Waals surface area (Å²) in [5, 5.41) is 11.8. The standard InChI is InChI=1S/C19H15Cl2N3O4/c1-27-17-8-11(6-13(9-22)18(25)24-19(23)26)3-5-16(17)28-10-12-2-4-14(20)15(21)7-12/h2-8H,10H2,1H3,(H3,23,24,25,26)/b13-6-. The van der Waals surface area contributed by atoms with Gasteiger partial charge in [0.15, 0.2) is 11.5 Å². The Hall–Kier alpha value is -3.21. The number of nitrogens with one attached hydrogen (secondary N) is 1. The maximum Gasteiger partial charge on any atom is 0.319 e. The molecule has 0 spiro atoms. The van der Waals surface area contributed by atoms with Gasteiger partial charge in [0.1, 0.15) is 18.2 Å². The van der Waals surface area contributed by atoms with Gasteiger partial charge in [0.05, 0.1) is 17.2 Å². The fourth-order valence-corrected chi connectivity index (χ4v) is 2.50. The summed E-state index contributed by atoms with van der Waals surface area (Å²) in [5.41, 5.74) is 5.91. The number of urea groups is 1. The van der Waals surface area contributed by atoms with Crippen LogP contribution in [0.25, 0.3) is 6.08 Å². The summed E-state index contributed by atoms with van der Waals surface area (Å²) in [6.07, 6.45) is 1.30. The highest BCUT2D eigenvalue weighted by molar-refractivity contribution is 6.42. The first-order valence-corrected chi connectivity index (χ1v) is 8.57. The first-order valence-electron chi connectivity index (χ1n) is 7.81. The number of primary amides is 1. The van der Waals surface area contributed by atoms with Crippen LogP contribution >= 0.6 is 23.2 Å². The summed E-state index contributed by atoms with van der Waals surface area (Å²) in [6, 6.07) is 10.7. The zero-order valence-electron chi connectivity index (χ0n) is 14.7. The Labute approximate surface area is 171 Å². The van der Waals surface area contributed by atoms with E-state index in [1.165, 1.54) is 13.2 Å². The zero-order valence-corrected chi connectivity index (χ0v) is 16.2. The molecule has 0 aliphatic carbocycles. The van der Waals surface area contributed by atoms with E-state index < -0.39 is 11.9 Å². The van der Waals surface area contributed by atoms with Crippen LogP contribution in [0.1, 0.15) is 11.1 Å². The summed E-state index contributed by atoms with van der Waals surface area (Å²) >= 11 is 11.9. The van der Waals surface area contributed by atoms with E-state index in [2.05, 4.69) is 0 Å². The molecule has 0 bridgehead atoms. The fraction of sp³-hybridized carbons (Fsp3) is 0.105. The predicted octanol–water partition coefficient (Wildman–Crippen LogP) is 3.68. The van der Waals surface area contributed by atoms with Crippen molar-refractivity contribution in [1.82, 2.24) is 5.32 Å². The number of nitriles is 1. The lowest BCUT2D eigenvalue weighted by molar-refractivity contribution is -0.115. The Morgan fingerprint density at radius 1 is 1.18 bits per heavy atom. The number of benzene rings is 2. The first kappa shape index (κ1) is 21.1. The van der Waals surface area contributed by atoms with Crippen LogP contribution < -0.4 is 20.5 Å². The number of carbonyl (C=O) groups excluding carboxylic acids is 2. The molecule has 9 heteroatoms. The Kier molecular flexibility index (Phi) is 7.27. The van der Waals surface area contributed by atoms with Gasteiger partial charge in [-0.05, 0) is 41.5 Å². The summed E-state index contributed by atoms with van der Waals surface area (Å²) in [7, 11) is 1.46. The lowest BCUT2D eigenvalue weighted by atomic mass is 10.1. The molecule has 0 aromatic heterocycles. The van der Waals surface area contributed by atoms with Crippen LogP contribution in [0.4, 0.5) is 4.79 Å². The first-order chi connectivity index (χ1) is 13.3. The highest BCUT2D eigenvalue weighted by atomic mass is 35.5. The monoisotopic (exact) mass is 419 g/mol. The van der Waals surface area contributed by atoms with Crippen molar-refractivity contribution < 1.29 is 19.1 Å². The molecule has 3 N–H and O–H groups in total. The fourth-order valence-electron chi connectivity index (χ4n) is 2.18. The van der Waals surface area contributed by atoms with Crippen LogP contribution in [0.15, 0.2) is 42.0 Å². The van der Waals surface area contributed by atoms with Gasteiger partial charge in [-0.3, -0.25) is 10.1 Å². The Morgan fingerprint density at radius 3 is 2.54 bits per heavy atom. The molecule has 0 saturated heterocycles. The van der Waals surface area contributed by atoms with Gasteiger partial charge < -0.3 is 15.2 Å². The van der Waals surface area contributed by atoms with Gasteiger partial charge in [-0.15, -0.1) is 0 Å². The van der Waals surface area contributed by atoms with Gasteiger partial charge in [0, 0.05) is 0 Å². The van der Waals surface area contributed by atoms with Gasteiger partial charge in [0.2, 0.25) is 0 Å². The number of hydrogen-bond donors (Lipinski definition) is 2. The maximum absolute atomic E-state index is 11.7. The number of halogens is 2. The smallest absolute Gasteiger partial charge is 0.319 e. The third kappa shape index (κ3) is 5.64. The molecule has 0 unspecified atom stereocenters. The Balaban J connectivity index is 2.20. The van der Waals surface area contributed by atoms with E-state index in [-0.39, 0.29) is 12.2 Å². The molecule has 0 heterocycles. The molecular formula is C19H15Cl2N3O4. The number of nitrogens with zero attached hydrogens (tertiary/aromatic N) is 1. The number of methoxy groups -OCH3 is 1. The molecule has 28 heavy (non-hydrogen) atoms. The van der Waals surface area contributed by atoms with Gasteiger partial charge in [-0.2, -0.15) is 5.26 Å². The van der Waals surface area contributed by atoms with E-state index in [0.29, 0.717) is 27.1 Å². The molecule has 2 rings (SSSR count). The summed E-state index contributed by atoms with van der Waals surface area (Å²) in [5.74, 6) is -0.0545. The van der Waals surface area contributed by atoms with E-state index in [1.807, 2.05) is 5.32 Å². The van der Waals surface area contributed by atoms with Crippen molar-refractivity contribution in [3.63, 3.8) is 0 Å². The normalized spacial score (nSPS) is 10.7. The second-order valence-electron chi connectivity index (χ2n) is 5.44. The second-order valence-corrected chi connectivity index (χ2v) is 6.25. The van der Waals surface area contributed by atoms with Crippen LogP contribution in [0.3, 0.4) is 0 Å². The minimum absolute atomic E-state index is 0.229. The second kappa shape index (κ2) is 9.65. The van der Waals surface area contributed by atoms with Crippen molar-refractivity contribution in [3.8, 4) is 17.6 Å². The van der Waals surface area contributed by atoms with Crippen LogP contribution in [0.5, 0.6) is 11.5 Å². The van der Waals surface area contributed by atoms with Gasteiger partial charge >= 0.3 is 6.03 Å². The van der Waals surface area contributed by atoms with Crippen LogP contribution in [0, 0.1) is 11.3 Å². The molecule has 0 fully saturated rings. The van der Waals surface area contributed by atoms with Crippen molar-refractivity contribution in [2.24, 2.45) is 5.73 Å². The average Bonchev–Trinajstić information content (AvgIpc) is 2.66. The molecule has 7 nitrogen and oxygen atoms in total. The lowest BCUT2D eigenvalue weighted by Gasteiger charge is -2.12. The third-order valence-electron chi connectivity index (χ3n) is 3.48. The number of amides is 3. The molecule has 0 atom stereocenters. The SMILES string of the molecule is COc1cc(/C=C(/C#N)C(=O)NC(N)=O)ccc1OCc1ccc(Cl)c(Cl)c1. The van der Waals surface area contributed by atoms with Gasteiger partial charge in [-0.25, -0.2) is 4.79 Å². The highest BCUT2D eigenvalue weighted by Crippen LogP contribution is 2.30. The largest absolute Gasteiger partial charge is 0.493 e. The number of ether oxygens (including phenoxy) is 2. The zero-order chi connectivity index (χ0) is 20.7. The van der Waals surface area contributed by atoms with Crippen molar-refractivity contribution in [2.45, 2.75) is 6.61 Å². The molecule has 3 amide bonds. The molecule has 0 aliphatic rings. The third-order valence-corrected chi connectivity index (χ3v) is 4.22. The lowest BCUT2D eigenvalue weighted by Crippen LogP contribution is -2.35. The molecule has 0 radical (unpaired) electrons. The van der Waals surface area contributed by atoms with E-state index in [9.17, 15) is 9.59 Å². The highest BCUT2D eigenvalue weighted by Gasteiger charge is 2.12. The Bertz CT molecular complexity index is 984. The maximum atomic E-state index is 11.7. The van der Waals surface area contributed by atoms with Crippen LogP contribution in [-0.4, -0.2) is 19.0 Å². The van der Waals surface area contributed by atoms with E-state index in [1.54, 1.807) is 42.5 Å². The van der Waals surface area contributed by atoms with Crippen molar-refractivity contribution in [1.29, 1.82) is 5.26 Å². The number of nitrogens with two attached hydrogens (primary N) is 1. The molecule has 2 aromatic carbocycles. The minimum Gasteiger partial charge on any atom is -0.493 e. The number of carbonyl (C=O) groups is 2. The average molecular weight is 420 g/mol. The van der Waals surface area contributed by atoms with Crippen molar-refractivity contribution in [2.75, 3.05) is 7.11 Å². The predicted molar refractivity (Wildman–Crippen MR) is 105 cm³/mol. The number of imide groups is 1. The summed E-state index contributed by atoms with van der Waals surface area (Å²) in [6.45, 7) is 0.229. The van der Waals surface area contributed by atoms with Crippen LogP contribution in [-0.2, 0) is 11.4 Å². The Morgan fingerprint density at radius 2 is 1.93 bits per heavy atom. The van der Waals surface area contributed by atoms with Crippen molar-refractivity contribution in [3.05, 3.63) is 63.1 Å². The number of hydrogen-bond acceptors (Lipinski definition) is 5. The summed E-state index contributed by atoms with van der Waals surface area (Å²) in [4.78, 5) is 22.5. The molecule has 0 aliphatic heterocycles. The topological polar surface area (TPSA) is 114 Å². The molecule has 0 saturated carbocycles. The van der Waals surface area contributed by atoms with E-state index in [4.69, 9.17) is 43.7 Å².